The maximum Gasteiger partial charge on any atom is 0.0853 e. The quantitative estimate of drug-likeness (QED) is 0.838. The minimum atomic E-state index is 0.106. The second-order valence-electron chi connectivity index (χ2n) is 8.06. The molecule has 3 heteroatoms. The molecule has 3 fully saturated rings. The van der Waals surface area contributed by atoms with Gasteiger partial charge in [-0.25, -0.2) is 0 Å². The van der Waals surface area contributed by atoms with Crippen molar-refractivity contribution >= 4 is 0 Å². The van der Waals surface area contributed by atoms with Gasteiger partial charge in [0.15, 0.2) is 0 Å². The van der Waals surface area contributed by atoms with Gasteiger partial charge in [0.05, 0.1) is 11.6 Å². The van der Waals surface area contributed by atoms with Gasteiger partial charge < -0.3 is 4.74 Å². The predicted octanol–water partition coefficient (Wildman–Crippen LogP) is 3.68. The molecule has 0 bridgehead atoms. The van der Waals surface area contributed by atoms with E-state index in [4.69, 9.17) is 4.74 Å². The van der Waals surface area contributed by atoms with Crippen LogP contribution in [-0.4, -0.2) is 54.2 Å². The summed E-state index contributed by atoms with van der Waals surface area (Å²) in [5.41, 5.74) is 1.52. The average Bonchev–Trinajstić information content (AvgIpc) is 3.28. The Hall–Kier alpha value is -0.900. The molecule has 1 aromatic carbocycles. The lowest BCUT2D eigenvalue weighted by molar-refractivity contribution is -0.114. The molecule has 2 saturated heterocycles. The SMILES string of the molecule is CN(Cc1ccccc1)[C@@H]1[C@@H](N2CCCC2)CCCC12CCCO2. The van der Waals surface area contributed by atoms with Gasteiger partial charge in [-0.1, -0.05) is 30.3 Å². The van der Waals surface area contributed by atoms with Crippen molar-refractivity contribution < 1.29 is 4.74 Å². The topological polar surface area (TPSA) is 15.7 Å². The number of ether oxygens (including phenoxy) is 1. The Balaban J connectivity index is 1.59. The molecule has 1 aliphatic carbocycles. The van der Waals surface area contributed by atoms with E-state index in [1.165, 1.54) is 63.6 Å². The zero-order valence-corrected chi connectivity index (χ0v) is 15.1. The minimum absolute atomic E-state index is 0.106. The first-order valence-corrected chi connectivity index (χ1v) is 9.91. The van der Waals surface area contributed by atoms with Crippen LogP contribution in [0.1, 0.15) is 50.5 Å². The molecular formula is C21H32N2O. The highest BCUT2D eigenvalue weighted by atomic mass is 16.5. The normalized spacial score (nSPS) is 34.4. The van der Waals surface area contributed by atoms with Crippen molar-refractivity contribution in [3.8, 4) is 0 Å². The van der Waals surface area contributed by atoms with Crippen molar-refractivity contribution in [1.29, 1.82) is 0 Å². The lowest BCUT2D eigenvalue weighted by Gasteiger charge is -2.52. The molecule has 2 heterocycles. The zero-order valence-electron chi connectivity index (χ0n) is 15.1. The van der Waals surface area contributed by atoms with Crippen molar-refractivity contribution in [2.45, 2.75) is 69.2 Å². The predicted molar refractivity (Wildman–Crippen MR) is 98.1 cm³/mol. The van der Waals surface area contributed by atoms with E-state index >= 15 is 0 Å². The molecule has 1 aromatic rings. The maximum atomic E-state index is 6.47. The summed E-state index contributed by atoms with van der Waals surface area (Å²) in [4.78, 5) is 5.39. The summed E-state index contributed by atoms with van der Waals surface area (Å²) in [5, 5.41) is 0. The van der Waals surface area contributed by atoms with Crippen LogP contribution in [0.25, 0.3) is 0 Å². The number of rotatable bonds is 4. The number of benzene rings is 1. The van der Waals surface area contributed by atoms with Crippen molar-refractivity contribution in [3.63, 3.8) is 0 Å². The molecule has 0 radical (unpaired) electrons. The molecule has 0 amide bonds. The number of hydrogen-bond acceptors (Lipinski definition) is 3. The van der Waals surface area contributed by atoms with Gasteiger partial charge in [0.25, 0.3) is 0 Å². The van der Waals surface area contributed by atoms with E-state index < -0.39 is 0 Å². The molecule has 4 rings (SSSR count). The van der Waals surface area contributed by atoms with E-state index in [-0.39, 0.29) is 5.60 Å². The van der Waals surface area contributed by atoms with E-state index in [0.717, 1.165) is 13.2 Å². The van der Waals surface area contributed by atoms with Crippen LogP contribution in [-0.2, 0) is 11.3 Å². The zero-order chi connectivity index (χ0) is 16.4. The van der Waals surface area contributed by atoms with Crippen LogP contribution in [0.2, 0.25) is 0 Å². The summed E-state index contributed by atoms with van der Waals surface area (Å²) < 4.78 is 6.47. The molecule has 3 atom stereocenters. The molecule has 3 aliphatic rings. The number of likely N-dealkylation sites (tertiary alicyclic amines) is 1. The van der Waals surface area contributed by atoms with Crippen molar-refractivity contribution in [3.05, 3.63) is 35.9 Å². The Kier molecular flexibility index (Phi) is 4.93. The summed E-state index contributed by atoms with van der Waals surface area (Å²) in [6.45, 7) is 4.57. The minimum Gasteiger partial charge on any atom is -0.373 e. The summed E-state index contributed by atoms with van der Waals surface area (Å²) >= 11 is 0. The monoisotopic (exact) mass is 328 g/mol. The van der Waals surface area contributed by atoms with Gasteiger partial charge in [0.2, 0.25) is 0 Å². The molecule has 24 heavy (non-hydrogen) atoms. The summed E-state index contributed by atoms with van der Waals surface area (Å²) in [6, 6.07) is 12.1. The lowest BCUT2D eigenvalue weighted by atomic mass is 9.74. The number of hydrogen-bond donors (Lipinski definition) is 0. The number of nitrogens with zero attached hydrogens (tertiary/aromatic N) is 2. The molecular weight excluding hydrogens is 296 g/mol. The molecule has 1 spiro atoms. The van der Waals surface area contributed by atoms with Crippen LogP contribution in [0.5, 0.6) is 0 Å². The smallest absolute Gasteiger partial charge is 0.0853 e. The van der Waals surface area contributed by atoms with Crippen LogP contribution >= 0.6 is 0 Å². The first-order chi connectivity index (χ1) is 11.8. The highest BCUT2D eigenvalue weighted by Crippen LogP contribution is 2.44. The van der Waals surface area contributed by atoms with Crippen LogP contribution in [0.15, 0.2) is 30.3 Å². The van der Waals surface area contributed by atoms with Gasteiger partial charge in [0, 0.05) is 19.2 Å². The number of likely N-dealkylation sites (N-methyl/N-ethyl adjacent to an activating group) is 1. The van der Waals surface area contributed by atoms with E-state index in [2.05, 4.69) is 47.2 Å². The largest absolute Gasteiger partial charge is 0.373 e. The molecule has 132 valence electrons. The fraction of sp³-hybridized carbons (Fsp3) is 0.714. The second-order valence-corrected chi connectivity index (χ2v) is 8.06. The van der Waals surface area contributed by atoms with Gasteiger partial charge in [-0.05, 0) is 70.6 Å². The Morgan fingerprint density at radius 1 is 1.08 bits per heavy atom. The fourth-order valence-electron chi connectivity index (χ4n) is 5.54. The molecule has 3 nitrogen and oxygen atoms in total. The van der Waals surface area contributed by atoms with Crippen LogP contribution in [0, 0.1) is 0 Å². The molecule has 1 saturated carbocycles. The Morgan fingerprint density at radius 2 is 1.83 bits per heavy atom. The van der Waals surface area contributed by atoms with Crippen LogP contribution in [0.3, 0.4) is 0 Å². The summed E-state index contributed by atoms with van der Waals surface area (Å²) in [5.74, 6) is 0. The van der Waals surface area contributed by atoms with E-state index in [1.54, 1.807) is 0 Å². The maximum absolute atomic E-state index is 6.47. The summed E-state index contributed by atoms with van der Waals surface area (Å²) in [7, 11) is 2.33. The van der Waals surface area contributed by atoms with Crippen molar-refractivity contribution in [1.82, 2.24) is 9.80 Å². The van der Waals surface area contributed by atoms with Crippen LogP contribution in [0.4, 0.5) is 0 Å². The van der Waals surface area contributed by atoms with Gasteiger partial charge in [-0.15, -0.1) is 0 Å². The molecule has 1 unspecified atom stereocenters. The van der Waals surface area contributed by atoms with E-state index in [9.17, 15) is 0 Å². The van der Waals surface area contributed by atoms with Gasteiger partial charge >= 0.3 is 0 Å². The van der Waals surface area contributed by atoms with Crippen molar-refractivity contribution in [2.24, 2.45) is 0 Å². The highest BCUT2D eigenvalue weighted by Gasteiger charge is 2.51. The van der Waals surface area contributed by atoms with E-state index in [1.807, 2.05) is 0 Å². The Labute approximate surface area is 147 Å². The fourth-order valence-corrected chi connectivity index (χ4v) is 5.54. The van der Waals surface area contributed by atoms with E-state index in [0.29, 0.717) is 12.1 Å². The Morgan fingerprint density at radius 3 is 2.54 bits per heavy atom. The lowest BCUT2D eigenvalue weighted by Crippen LogP contribution is -2.63. The molecule has 0 N–H and O–H groups in total. The first kappa shape index (κ1) is 16.6. The standard InChI is InChI=1S/C21H32N2O/c1-22(17-18-9-3-2-4-10-18)20-19(23-14-5-6-15-23)11-7-12-21(20)13-8-16-24-21/h2-4,9-10,19-20H,5-8,11-17H2,1H3/t19-,20+,21?/m0/s1. The third kappa shape index (κ3) is 3.14. The van der Waals surface area contributed by atoms with Gasteiger partial charge in [-0.2, -0.15) is 0 Å². The Bertz CT molecular complexity index is 520. The highest BCUT2D eigenvalue weighted by molar-refractivity contribution is 5.16. The van der Waals surface area contributed by atoms with Gasteiger partial charge in [0.1, 0.15) is 0 Å². The van der Waals surface area contributed by atoms with Crippen molar-refractivity contribution in [2.75, 3.05) is 26.7 Å². The summed E-state index contributed by atoms with van der Waals surface area (Å²) in [6.07, 6.45) is 9.16. The third-order valence-corrected chi connectivity index (χ3v) is 6.50. The second kappa shape index (κ2) is 7.15. The van der Waals surface area contributed by atoms with Gasteiger partial charge in [-0.3, -0.25) is 9.80 Å². The van der Waals surface area contributed by atoms with Crippen LogP contribution < -0.4 is 0 Å². The first-order valence-electron chi connectivity index (χ1n) is 9.91. The molecule has 2 aliphatic heterocycles. The third-order valence-electron chi connectivity index (χ3n) is 6.50. The molecule has 0 aromatic heterocycles. The average molecular weight is 329 g/mol.